The molecule has 7 heteroatoms. The van der Waals surface area contributed by atoms with Crippen LogP contribution in [-0.2, 0) is 9.59 Å². The number of aromatic nitrogens is 1. The Bertz CT molecular complexity index is 1020. The molecule has 32 heavy (non-hydrogen) atoms. The van der Waals surface area contributed by atoms with Crippen LogP contribution in [0, 0.1) is 12.8 Å². The standard InChI is InChI=1S/C25H31N3O4/c1-16(2)15-32-19-8-9-20(17(3)13-19)23(29)21-22(18-7-6-10-26-14-18)28(12-11-27(4)5)25(31)24(21)30/h6-10,13-14,16,22,29H,11-12,15H2,1-5H3/p+1/t22-/m0/s1. The van der Waals surface area contributed by atoms with Crippen molar-refractivity contribution in [3.63, 3.8) is 0 Å². The van der Waals surface area contributed by atoms with E-state index in [2.05, 4.69) is 18.8 Å². The van der Waals surface area contributed by atoms with Gasteiger partial charge in [0.15, 0.2) is 0 Å². The van der Waals surface area contributed by atoms with E-state index in [0.29, 0.717) is 42.5 Å². The van der Waals surface area contributed by atoms with Gasteiger partial charge >= 0.3 is 0 Å². The van der Waals surface area contributed by atoms with Gasteiger partial charge in [0.25, 0.3) is 11.7 Å². The first-order valence-electron chi connectivity index (χ1n) is 10.9. The largest absolute Gasteiger partial charge is 0.507 e. The number of carbonyl (C=O) groups is 2. The van der Waals surface area contributed by atoms with Gasteiger partial charge in [-0.2, -0.15) is 0 Å². The van der Waals surface area contributed by atoms with E-state index in [4.69, 9.17) is 4.74 Å². The highest BCUT2D eigenvalue weighted by Crippen LogP contribution is 2.39. The minimum atomic E-state index is -0.681. The number of ketones is 1. The Hall–Kier alpha value is -3.19. The zero-order valence-electron chi connectivity index (χ0n) is 19.4. The molecule has 1 aliphatic rings. The molecule has 170 valence electrons. The number of aryl methyl sites for hydroxylation is 1. The van der Waals surface area contributed by atoms with Gasteiger partial charge < -0.3 is 19.6 Å². The highest BCUT2D eigenvalue weighted by molar-refractivity contribution is 6.46. The first-order valence-corrected chi connectivity index (χ1v) is 10.9. The number of Topliss-reactive ketones (excluding diaryl/α,β-unsaturated/α-hetero) is 1. The predicted molar refractivity (Wildman–Crippen MR) is 122 cm³/mol. The van der Waals surface area contributed by atoms with E-state index in [-0.39, 0.29) is 11.3 Å². The van der Waals surface area contributed by atoms with Crippen molar-refractivity contribution in [2.45, 2.75) is 26.8 Å². The number of pyridine rings is 1. The van der Waals surface area contributed by atoms with E-state index in [1.807, 2.05) is 33.2 Å². The summed E-state index contributed by atoms with van der Waals surface area (Å²) >= 11 is 0. The summed E-state index contributed by atoms with van der Waals surface area (Å²) in [6, 6.07) is 8.25. The number of nitrogens with one attached hydrogen (secondary N) is 1. The smallest absolute Gasteiger partial charge is 0.295 e. The molecule has 1 saturated heterocycles. The normalized spacial score (nSPS) is 18.1. The van der Waals surface area contributed by atoms with Crippen LogP contribution in [0.3, 0.4) is 0 Å². The SMILES string of the molecule is Cc1cc(OCC(C)C)ccc1C(O)=C1C(=O)C(=O)N(CC[NH+](C)C)[C@H]1c1cccnc1. The summed E-state index contributed by atoms with van der Waals surface area (Å²) in [5, 5.41) is 11.2. The molecule has 1 aliphatic heterocycles. The first kappa shape index (κ1) is 23.5. The fraction of sp³-hybridized carbons (Fsp3) is 0.400. The van der Waals surface area contributed by atoms with E-state index in [9.17, 15) is 14.7 Å². The molecule has 0 aliphatic carbocycles. The molecule has 0 saturated carbocycles. The Morgan fingerprint density at radius 3 is 2.59 bits per heavy atom. The zero-order valence-corrected chi connectivity index (χ0v) is 19.4. The number of benzene rings is 1. The number of nitrogens with zero attached hydrogens (tertiary/aromatic N) is 2. The Labute approximate surface area is 189 Å². The molecule has 0 unspecified atom stereocenters. The molecule has 2 N–H and O–H groups in total. The van der Waals surface area contributed by atoms with Crippen LogP contribution in [0.5, 0.6) is 5.75 Å². The molecular formula is C25H32N3O4+. The van der Waals surface area contributed by atoms with Crippen molar-refractivity contribution in [2.24, 2.45) is 5.92 Å². The second kappa shape index (κ2) is 9.96. The number of likely N-dealkylation sites (tertiary alicyclic amines) is 1. The summed E-state index contributed by atoms with van der Waals surface area (Å²) < 4.78 is 5.77. The Balaban J connectivity index is 2.06. The lowest BCUT2D eigenvalue weighted by Gasteiger charge is -2.25. The van der Waals surface area contributed by atoms with Crippen molar-refractivity contribution in [2.75, 3.05) is 33.8 Å². The van der Waals surface area contributed by atoms with E-state index in [0.717, 1.165) is 10.5 Å². The molecule has 1 aromatic heterocycles. The number of ether oxygens (including phenoxy) is 1. The van der Waals surface area contributed by atoms with E-state index >= 15 is 0 Å². The van der Waals surface area contributed by atoms with E-state index in [1.54, 1.807) is 30.6 Å². The Morgan fingerprint density at radius 1 is 1.25 bits per heavy atom. The Morgan fingerprint density at radius 2 is 2.00 bits per heavy atom. The monoisotopic (exact) mass is 438 g/mol. The maximum atomic E-state index is 13.1. The van der Waals surface area contributed by atoms with Crippen molar-refractivity contribution in [3.05, 3.63) is 65.0 Å². The van der Waals surface area contributed by atoms with Crippen LogP contribution in [0.4, 0.5) is 0 Å². The molecule has 7 nitrogen and oxygen atoms in total. The zero-order chi connectivity index (χ0) is 23.4. The highest BCUT2D eigenvalue weighted by Gasteiger charge is 2.46. The third kappa shape index (κ3) is 4.99. The number of likely N-dealkylation sites (N-methyl/N-ethyl adjacent to an activating group) is 1. The number of hydrogen-bond donors (Lipinski definition) is 2. The quantitative estimate of drug-likeness (QED) is 0.374. The summed E-state index contributed by atoms with van der Waals surface area (Å²) in [4.78, 5) is 32.8. The van der Waals surface area contributed by atoms with Crippen molar-refractivity contribution in [3.8, 4) is 5.75 Å². The minimum Gasteiger partial charge on any atom is -0.507 e. The third-order valence-corrected chi connectivity index (χ3v) is 5.43. The number of aliphatic hydroxyl groups is 1. The van der Waals surface area contributed by atoms with Crippen LogP contribution in [0.1, 0.15) is 36.6 Å². The van der Waals surface area contributed by atoms with Gasteiger partial charge in [0.2, 0.25) is 0 Å². The number of aliphatic hydroxyl groups excluding tert-OH is 1. The number of rotatable bonds is 8. The third-order valence-electron chi connectivity index (χ3n) is 5.43. The van der Waals surface area contributed by atoms with Gasteiger partial charge in [-0.15, -0.1) is 0 Å². The maximum absolute atomic E-state index is 13.1. The lowest BCUT2D eigenvalue weighted by molar-refractivity contribution is -0.857. The maximum Gasteiger partial charge on any atom is 0.295 e. The lowest BCUT2D eigenvalue weighted by atomic mass is 9.94. The summed E-state index contributed by atoms with van der Waals surface area (Å²) in [6.07, 6.45) is 3.27. The molecule has 1 aromatic carbocycles. The molecule has 2 heterocycles. The van der Waals surface area contributed by atoms with Crippen molar-refractivity contribution < 1.29 is 24.3 Å². The van der Waals surface area contributed by atoms with Crippen molar-refractivity contribution >= 4 is 17.4 Å². The second-order valence-corrected chi connectivity index (χ2v) is 8.92. The molecule has 1 amide bonds. The number of amides is 1. The van der Waals surface area contributed by atoms with Gasteiger partial charge in [0, 0.05) is 18.0 Å². The lowest BCUT2D eigenvalue weighted by Crippen LogP contribution is -3.06. The molecule has 1 atom stereocenters. The minimum absolute atomic E-state index is 0.0932. The molecular weight excluding hydrogens is 406 g/mol. The van der Waals surface area contributed by atoms with Crippen LogP contribution < -0.4 is 9.64 Å². The van der Waals surface area contributed by atoms with Crippen LogP contribution in [-0.4, -0.2) is 60.5 Å². The summed E-state index contributed by atoms with van der Waals surface area (Å²) in [7, 11) is 3.98. The average Bonchev–Trinajstić information content (AvgIpc) is 3.01. The van der Waals surface area contributed by atoms with Crippen LogP contribution in [0.2, 0.25) is 0 Å². The fourth-order valence-corrected chi connectivity index (χ4v) is 3.74. The molecule has 2 aromatic rings. The van der Waals surface area contributed by atoms with E-state index < -0.39 is 17.7 Å². The van der Waals surface area contributed by atoms with Crippen LogP contribution >= 0.6 is 0 Å². The first-order chi connectivity index (χ1) is 15.2. The van der Waals surface area contributed by atoms with E-state index in [1.165, 1.54) is 4.90 Å². The summed E-state index contributed by atoms with van der Waals surface area (Å²) in [5.74, 6) is -0.362. The van der Waals surface area contributed by atoms with Gasteiger partial charge in [-0.3, -0.25) is 14.6 Å². The predicted octanol–water partition coefficient (Wildman–Crippen LogP) is 1.99. The molecule has 3 rings (SSSR count). The highest BCUT2D eigenvalue weighted by atomic mass is 16.5. The summed E-state index contributed by atoms with van der Waals surface area (Å²) in [6.45, 7) is 7.65. The van der Waals surface area contributed by atoms with Crippen LogP contribution in [0.15, 0.2) is 48.3 Å². The number of carbonyl (C=O) groups excluding carboxylic acids is 2. The van der Waals surface area contributed by atoms with Crippen LogP contribution in [0.25, 0.3) is 5.76 Å². The van der Waals surface area contributed by atoms with Gasteiger partial charge in [0.1, 0.15) is 11.5 Å². The molecule has 0 radical (unpaired) electrons. The molecule has 0 bridgehead atoms. The van der Waals surface area contributed by atoms with Crippen molar-refractivity contribution in [1.29, 1.82) is 0 Å². The Kier molecular flexibility index (Phi) is 7.30. The van der Waals surface area contributed by atoms with Gasteiger partial charge in [-0.25, -0.2) is 0 Å². The summed E-state index contributed by atoms with van der Waals surface area (Å²) in [5.41, 5.74) is 2.05. The second-order valence-electron chi connectivity index (χ2n) is 8.92. The molecule has 0 spiro atoms. The van der Waals surface area contributed by atoms with Gasteiger partial charge in [-0.1, -0.05) is 19.9 Å². The van der Waals surface area contributed by atoms with Gasteiger partial charge in [0.05, 0.1) is 45.4 Å². The van der Waals surface area contributed by atoms with Crippen molar-refractivity contribution in [1.82, 2.24) is 9.88 Å². The fourth-order valence-electron chi connectivity index (χ4n) is 3.74. The number of hydrogen-bond acceptors (Lipinski definition) is 5. The van der Waals surface area contributed by atoms with Gasteiger partial charge in [-0.05, 0) is 48.2 Å². The molecule has 1 fully saturated rings. The topological polar surface area (TPSA) is 84.2 Å². The number of quaternary nitrogens is 1. The average molecular weight is 439 g/mol.